The molecule has 0 unspecified atom stereocenters. The van der Waals surface area contributed by atoms with Crippen LogP contribution >= 0.6 is 15.9 Å². The highest BCUT2D eigenvalue weighted by Crippen LogP contribution is 2.26. The van der Waals surface area contributed by atoms with Gasteiger partial charge in [0.1, 0.15) is 0 Å². The van der Waals surface area contributed by atoms with Gasteiger partial charge in [-0.1, -0.05) is 6.07 Å². The minimum Gasteiger partial charge on any atom is -0.395 e. The van der Waals surface area contributed by atoms with Crippen LogP contribution in [0.15, 0.2) is 22.7 Å². The number of β-amino-alcohol motifs (C(OH)–C–C–N with tert-alkyl or cyclic N) is 1. The summed E-state index contributed by atoms with van der Waals surface area (Å²) in [6.07, 6.45) is 0. The second kappa shape index (κ2) is 7.12. The fourth-order valence-corrected chi connectivity index (χ4v) is 2.76. The fraction of sp³-hybridized carbons (Fsp3) is 0.538. The molecular formula is C13H18BrN3O3. The van der Waals surface area contributed by atoms with Gasteiger partial charge in [-0.3, -0.25) is 19.9 Å². The Labute approximate surface area is 126 Å². The fourth-order valence-electron chi connectivity index (χ4n) is 2.37. The predicted octanol–water partition coefficient (Wildman–Crippen LogP) is 1.47. The molecule has 1 heterocycles. The molecule has 1 aromatic rings. The zero-order chi connectivity index (χ0) is 14.5. The van der Waals surface area contributed by atoms with Gasteiger partial charge in [-0.25, -0.2) is 0 Å². The van der Waals surface area contributed by atoms with Crippen molar-refractivity contribution in [2.75, 3.05) is 39.3 Å². The molecule has 1 saturated heterocycles. The Hall–Kier alpha value is -1.02. The summed E-state index contributed by atoms with van der Waals surface area (Å²) >= 11 is 3.20. The van der Waals surface area contributed by atoms with E-state index in [1.807, 2.05) is 6.07 Å². The van der Waals surface area contributed by atoms with E-state index in [9.17, 15) is 10.1 Å². The van der Waals surface area contributed by atoms with Crippen molar-refractivity contribution in [2.45, 2.75) is 6.54 Å². The minimum absolute atomic E-state index is 0.112. The zero-order valence-corrected chi connectivity index (χ0v) is 12.8. The maximum absolute atomic E-state index is 10.9. The number of rotatable bonds is 5. The largest absolute Gasteiger partial charge is 0.395 e. The lowest BCUT2D eigenvalue weighted by Crippen LogP contribution is -2.46. The van der Waals surface area contributed by atoms with Crippen LogP contribution in [0.2, 0.25) is 0 Å². The van der Waals surface area contributed by atoms with Gasteiger partial charge in [0, 0.05) is 45.3 Å². The number of halogens is 1. The van der Waals surface area contributed by atoms with Gasteiger partial charge >= 0.3 is 0 Å². The molecule has 0 saturated carbocycles. The summed E-state index contributed by atoms with van der Waals surface area (Å²) in [7, 11) is 0. The highest BCUT2D eigenvalue weighted by molar-refractivity contribution is 9.10. The van der Waals surface area contributed by atoms with Crippen molar-refractivity contribution in [1.29, 1.82) is 0 Å². The average Bonchev–Trinajstić information content (AvgIpc) is 2.43. The number of hydrogen-bond donors (Lipinski definition) is 1. The highest BCUT2D eigenvalue weighted by atomic mass is 79.9. The molecule has 1 aliphatic rings. The number of aliphatic hydroxyl groups is 1. The Morgan fingerprint density at radius 3 is 2.50 bits per heavy atom. The molecule has 0 spiro atoms. The monoisotopic (exact) mass is 343 g/mol. The normalized spacial score (nSPS) is 17.3. The summed E-state index contributed by atoms with van der Waals surface area (Å²) in [6.45, 7) is 5.34. The van der Waals surface area contributed by atoms with E-state index in [-0.39, 0.29) is 17.2 Å². The van der Waals surface area contributed by atoms with Gasteiger partial charge < -0.3 is 5.11 Å². The van der Waals surface area contributed by atoms with Crippen molar-refractivity contribution < 1.29 is 10.0 Å². The van der Waals surface area contributed by atoms with Gasteiger partial charge in [-0.15, -0.1) is 0 Å². The maximum atomic E-state index is 10.9. The Kier molecular flexibility index (Phi) is 5.47. The van der Waals surface area contributed by atoms with Crippen LogP contribution in [0.3, 0.4) is 0 Å². The Morgan fingerprint density at radius 1 is 1.25 bits per heavy atom. The van der Waals surface area contributed by atoms with E-state index in [4.69, 9.17) is 5.11 Å². The number of nitro benzene ring substituents is 1. The van der Waals surface area contributed by atoms with E-state index in [2.05, 4.69) is 25.7 Å². The minimum atomic E-state index is -0.368. The van der Waals surface area contributed by atoms with Gasteiger partial charge in [0.15, 0.2) is 0 Å². The van der Waals surface area contributed by atoms with Crippen molar-refractivity contribution >= 4 is 21.6 Å². The first kappa shape index (κ1) is 15.4. The van der Waals surface area contributed by atoms with Crippen LogP contribution in [0.1, 0.15) is 5.56 Å². The first-order valence-electron chi connectivity index (χ1n) is 6.58. The van der Waals surface area contributed by atoms with Gasteiger partial charge in [0.05, 0.1) is 16.0 Å². The Morgan fingerprint density at radius 2 is 1.90 bits per heavy atom. The van der Waals surface area contributed by atoms with Gasteiger partial charge in [0.2, 0.25) is 0 Å². The summed E-state index contributed by atoms with van der Waals surface area (Å²) in [5.41, 5.74) is 1.07. The van der Waals surface area contributed by atoms with Gasteiger partial charge in [-0.05, 0) is 27.6 Å². The van der Waals surface area contributed by atoms with E-state index in [0.717, 1.165) is 44.8 Å². The molecule has 0 radical (unpaired) electrons. The lowest BCUT2D eigenvalue weighted by atomic mass is 10.1. The van der Waals surface area contributed by atoms with Crippen LogP contribution < -0.4 is 0 Å². The number of piperazine rings is 1. The summed E-state index contributed by atoms with van der Waals surface area (Å²) in [4.78, 5) is 15.0. The number of nitro groups is 1. The number of benzene rings is 1. The van der Waals surface area contributed by atoms with Crippen LogP contribution in [0, 0.1) is 10.1 Å². The number of hydrogen-bond acceptors (Lipinski definition) is 5. The molecule has 1 N–H and O–H groups in total. The average molecular weight is 344 g/mol. The van der Waals surface area contributed by atoms with E-state index in [0.29, 0.717) is 4.47 Å². The Balaban J connectivity index is 1.94. The highest BCUT2D eigenvalue weighted by Gasteiger charge is 2.18. The molecule has 1 aliphatic heterocycles. The van der Waals surface area contributed by atoms with E-state index >= 15 is 0 Å². The van der Waals surface area contributed by atoms with E-state index < -0.39 is 0 Å². The molecule has 6 nitrogen and oxygen atoms in total. The molecule has 0 aliphatic carbocycles. The molecule has 0 bridgehead atoms. The van der Waals surface area contributed by atoms with Crippen LogP contribution in [-0.4, -0.2) is 59.2 Å². The van der Waals surface area contributed by atoms with Crippen LogP contribution in [0.25, 0.3) is 0 Å². The predicted molar refractivity (Wildman–Crippen MR) is 79.6 cm³/mol. The molecule has 110 valence electrons. The second-order valence-corrected chi connectivity index (χ2v) is 5.74. The summed E-state index contributed by atoms with van der Waals surface area (Å²) in [6, 6.07) is 5.27. The molecule has 1 aromatic carbocycles. The molecule has 1 fully saturated rings. The lowest BCUT2D eigenvalue weighted by Gasteiger charge is -2.34. The van der Waals surface area contributed by atoms with E-state index in [1.54, 1.807) is 12.1 Å². The van der Waals surface area contributed by atoms with Gasteiger partial charge in [0.25, 0.3) is 5.69 Å². The third-order valence-electron chi connectivity index (χ3n) is 3.49. The standard InChI is InChI=1S/C13H18BrN3O3/c14-12-2-1-11(9-13(12)17(19)20)10-16-5-3-15(4-6-16)7-8-18/h1-2,9,18H,3-8,10H2. The third kappa shape index (κ3) is 3.99. The summed E-state index contributed by atoms with van der Waals surface area (Å²) in [5, 5.41) is 19.8. The topological polar surface area (TPSA) is 69.9 Å². The van der Waals surface area contributed by atoms with Crippen molar-refractivity contribution in [3.05, 3.63) is 38.3 Å². The summed E-state index contributed by atoms with van der Waals surface area (Å²) < 4.78 is 0.513. The number of nitrogens with zero attached hydrogens (tertiary/aromatic N) is 3. The maximum Gasteiger partial charge on any atom is 0.283 e. The molecule has 7 heteroatoms. The molecule has 0 aromatic heterocycles. The molecule has 20 heavy (non-hydrogen) atoms. The molecule has 2 rings (SSSR count). The van der Waals surface area contributed by atoms with Crippen molar-refractivity contribution in [1.82, 2.24) is 9.80 Å². The van der Waals surface area contributed by atoms with E-state index in [1.165, 1.54) is 0 Å². The second-order valence-electron chi connectivity index (χ2n) is 4.88. The first-order valence-corrected chi connectivity index (χ1v) is 7.38. The smallest absolute Gasteiger partial charge is 0.283 e. The zero-order valence-electron chi connectivity index (χ0n) is 11.2. The SMILES string of the molecule is O=[N+]([O-])c1cc(CN2CCN(CCO)CC2)ccc1Br. The number of aliphatic hydroxyl groups excluding tert-OH is 1. The van der Waals surface area contributed by atoms with Crippen molar-refractivity contribution in [3.63, 3.8) is 0 Å². The summed E-state index contributed by atoms with van der Waals surface area (Å²) in [5.74, 6) is 0. The van der Waals surface area contributed by atoms with Crippen LogP contribution in [0.4, 0.5) is 5.69 Å². The van der Waals surface area contributed by atoms with Crippen LogP contribution in [-0.2, 0) is 6.54 Å². The van der Waals surface area contributed by atoms with Crippen molar-refractivity contribution in [2.24, 2.45) is 0 Å². The lowest BCUT2D eigenvalue weighted by molar-refractivity contribution is -0.385. The van der Waals surface area contributed by atoms with Crippen molar-refractivity contribution in [3.8, 4) is 0 Å². The molecular weight excluding hydrogens is 326 g/mol. The third-order valence-corrected chi connectivity index (χ3v) is 4.17. The first-order chi connectivity index (χ1) is 9.60. The quantitative estimate of drug-likeness (QED) is 0.647. The van der Waals surface area contributed by atoms with Crippen LogP contribution in [0.5, 0.6) is 0 Å². The Bertz CT molecular complexity index is 476. The molecule has 0 amide bonds. The molecule has 0 atom stereocenters. The van der Waals surface area contributed by atoms with Gasteiger partial charge in [-0.2, -0.15) is 0 Å².